The molecular formula is C37H44O13. The number of aliphatic hydroxyl groups excluding tert-OH is 2. The Bertz CT molecular complexity index is 1630. The molecule has 2 heterocycles. The van der Waals surface area contributed by atoms with Gasteiger partial charge in [0.05, 0.1) is 35.7 Å². The summed E-state index contributed by atoms with van der Waals surface area (Å²) in [5.41, 5.74) is -2.42. The molecule has 1 unspecified atom stereocenters. The fourth-order valence-corrected chi connectivity index (χ4v) is 9.30. The number of carbonyl (C=O) groups excluding carboxylic acids is 4. The summed E-state index contributed by atoms with van der Waals surface area (Å²) in [4.78, 5) is 53.0. The number of hydrogen-bond donors (Lipinski definition) is 3. The Morgan fingerprint density at radius 1 is 0.760 bits per heavy atom. The molecular weight excluding hydrogens is 652 g/mol. The molecule has 270 valence electrons. The fourth-order valence-electron chi connectivity index (χ4n) is 9.30. The van der Waals surface area contributed by atoms with Gasteiger partial charge in [0.15, 0.2) is 18.0 Å². The van der Waals surface area contributed by atoms with Crippen molar-refractivity contribution in [3.63, 3.8) is 0 Å². The highest BCUT2D eigenvalue weighted by molar-refractivity contribution is 5.90. The molecule has 2 aromatic rings. The van der Waals surface area contributed by atoms with E-state index >= 15 is 0 Å². The Labute approximate surface area is 289 Å². The Balaban J connectivity index is 1.60. The summed E-state index contributed by atoms with van der Waals surface area (Å²) in [5.74, 6) is -10.7. The zero-order valence-corrected chi connectivity index (χ0v) is 28.8. The lowest BCUT2D eigenvalue weighted by Crippen LogP contribution is -2.81. The Hall–Kier alpha value is -3.88. The minimum Gasteiger partial charge on any atom is -0.458 e. The van der Waals surface area contributed by atoms with E-state index in [-0.39, 0.29) is 24.2 Å². The Morgan fingerprint density at radius 3 is 1.84 bits per heavy atom. The molecule has 2 saturated carbocycles. The van der Waals surface area contributed by atoms with Crippen LogP contribution in [0.3, 0.4) is 0 Å². The quantitative estimate of drug-likeness (QED) is 0.296. The third kappa shape index (κ3) is 5.69. The molecule has 4 aliphatic rings. The van der Waals surface area contributed by atoms with Crippen LogP contribution in [0.25, 0.3) is 0 Å². The largest absolute Gasteiger partial charge is 0.458 e. The minimum absolute atomic E-state index is 0.123. The maximum Gasteiger partial charge on any atom is 0.338 e. The van der Waals surface area contributed by atoms with Gasteiger partial charge in [-0.05, 0) is 48.9 Å². The van der Waals surface area contributed by atoms with E-state index in [2.05, 4.69) is 0 Å². The molecule has 13 heteroatoms. The van der Waals surface area contributed by atoms with Gasteiger partial charge in [0.2, 0.25) is 5.79 Å². The summed E-state index contributed by atoms with van der Waals surface area (Å²) in [5, 5.41) is 36.4. The van der Waals surface area contributed by atoms with Gasteiger partial charge in [0.25, 0.3) is 0 Å². The molecule has 50 heavy (non-hydrogen) atoms. The second-order valence-electron chi connectivity index (χ2n) is 14.8. The molecule has 6 rings (SSSR count). The molecule has 2 aliphatic heterocycles. The van der Waals surface area contributed by atoms with Gasteiger partial charge in [0, 0.05) is 19.3 Å². The normalized spacial score (nSPS) is 39.9. The molecule has 0 radical (unpaired) electrons. The average molecular weight is 697 g/mol. The van der Waals surface area contributed by atoms with Gasteiger partial charge in [-0.2, -0.15) is 0 Å². The summed E-state index contributed by atoms with van der Waals surface area (Å²) in [6.45, 7) is 8.72. The van der Waals surface area contributed by atoms with E-state index in [1.54, 1.807) is 69.3 Å². The first kappa shape index (κ1) is 35.9. The molecule has 0 spiro atoms. The van der Waals surface area contributed by atoms with Gasteiger partial charge in [-0.1, -0.05) is 57.2 Å². The third-order valence-corrected chi connectivity index (χ3v) is 11.4. The Morgan fingerprint density at radius 2 is 1.30 bits per heavy atom. The van der Waals surface area contributed by atoms with E-state index in [9.17, 15) is 34.5 Å². The lowest BCUT2D eigenvalue weighted by atomic mass is 9.42. The van der Waals surface area contributed by atoms with Crippen molar-refractivity contribution < 1.29 is 62.9 Å². The molecule has 4 fully saturated rings. The van der Waals surface area contributed by atoms with Gasteiger partial charge < -0.3 is 43.7 Å². The van der Waals surface area contributed by atoms with Gasteiger partial charge in [0.1, 0.15) is 18.3 Å². The number of fused-ring (bicyclic) bond motifs is 4. The first-order valence-corrected chi connectivity index (χ1v) is 16.7. The molecule has 2 aromatic carbocycles. The maximum atomic E-state index is 13.9. The lowest BCUT2D eigenvalue weighted by Gasteiger charge is -2.69. The highest BCUT2D eigenvalue weighted by Crippen LogP contribution is 2.68. The van der Waals surface area contributed by atoms with Crippen molar-refractivity contribution in [3.05, 3.63) is 71.8 Å². The van der Waals surface area contributed by atoms with Crippen molar-refractivity contribution in [2.45, 2.75) is 96.2 Å². The van der Waals surface area contributed by atoms with Crippen molar-refractivity contribution in [1.29, 1.82) is 0 Å². The van der Waals surface area contributed by atoms with Crippen LogP contribution in [0.1, 0.15) is 68.7 Å². The van der Waals surface area contributed by atoms with E-state index in [0.29, 0.717) is 0 Å². The van der Waals surface area contributed by atoms with E-state index in [1.165, 1.54) is 26.0 Å². The molecule has 0 amide bonds. The second-order valence-corrected chi connectivity index (χ2v) is 14.8. The number of carbonyl (C=O) groups is 4. The van der Waals surface area contributed by atoms with Crippen LogP contribution in [-0.4, -0.2) is 94.0 Å². The molecule has 2 saturated heterocycles. The second kappa shape index (κ2) is 12.7. The highest BCUT2D eigenvalue weighted by atomic mass is 16.8. The third-order valence-electron chi connectivity index (χ3n) is 11.4. The first-order chi connectivity index (χ1) is 23.4. The predicted molar refractivity (Wildman–Crippen MR) is 172 cm³/mol. The van der Waals surface area contributed by atoms with Crippen molar-refractivity contribution in [2.24, 2.45) is 28.6 Å². The van der Waals surface area contributed by atoms with Crippen molar-refractivity contribution in [3.8, 4) is 0 Å². The van der Waals surface area contributed by atoms with E-state index in [1.807, 2.05) is 0 Å². The van der Waals surface area contributed by atoms with Gasteiger partial charge in [-0.25, -0.2) is 9.59 Å². The summed E-state index contributed by atoms with van der Waals surface area (Å²) in [7, 11) is 0. The highest BCUT2D eigenvalue weighted by Gasteiger charge is 2.80. The number of benzene rings is 2. The van der Waals surface area contributed by atoms with Gasteiger partial charge in [-0.15, -0.1) is 0 Å². The standard InChI is InChI=1S/C37H44O13/c1-19(38)46-25-17-24-34(3,4)30(41)28(47-20(2)39)31(49-33(43)22-15-11-8-12-16-22)35(24,5)29-27(48-32(42)21-13-9-7-10-14-21)26-23(40)18-45-36(26,6)50-37(25,29)44/h7-16,23-31,40-41,44H,17-18H2,1-6H3/t23-,24+,25-,26+,27?,28+,29-,30-,31+,35+,36-,37+/m1/s1. The van der Waals surface area contributed by atoms with E-state index in [0.717, 1.165) is 6.92 Å². The van der Waals surface area contributed by atoms with Crippen LogP contribution in [0.2, 0.25) is 0 Å². The number of ether oxygens (including phenoxy) is 6. The van der Waals surface area contributed by atoms with Crippen LogP contribution in [0, 0.1) is 28.6 Å². The van der Waals surface area contributed by atoms with Gasteiger partial charge in [-0.3, -0.25) is 9.59 Å². The zero-order valence-electron chi connectivity index (χ0n) is 28.8. The van der Waals surface area contributed by atoms with Crippen LogP contribution >= 0.6 is 0 Å². The van der Waals surface area contributed by atoms with Crippen LogP contribution in [-0.2, 0) is 38.0 Å². The van der Waals surface area contributed by atoms with E-state index in [4.69, 9.17) is 28.4 Å². The van der Waals surface area contributed by atoms with Crippen LogP contribution in [0.4, 0.5) is 0 Å². The molecule has 3 N–H and O–H groups in total. The SMILES string of the molecule is CC(=O)O[C@H]1[C@@H](O)C(C)(C)[C@@H]2C[C@@H](OC(C)=O)[C@]3(O)O[C@@]4(C)OC[C@@H](O)[C@H]4C(OC(=O)c4ccccc4)[C@@H]3[C@@]2(C)[C@H]1OC(=O)c1ccccc1. The predicted octanol–water partition coefficient (Wildman–Crippen LogP) is 2.79. The smallest absolute Gasteiger partial charge is 0.338 e. The summed E-state index contributed by atoms with van der Waals surface area (Å²) < 4.78 is 36.5. The number of esters is 4. The number of hydrogen-bond acceptors (Lipinski definition) is 13. The lowest BCUT2D eigenvalue weighted by molar-refractivity contribution is -0.458. The average Bonchev–Trinajstić information content (AvgIpc) is 3.36. The maximum absolute atomic E-state index is 13.9. The van der Waals surface area contributed by atoms with Crippen molar-refractivity contribution in [2.75, 3.05) is 6.61 Å². The summed E-state index contributed by atoms with van der Waals surface area (Å²) in [6, 6.07) is 16.2. The van der Waals surface area contributed by atoms with Crippen LogP contribution < -0.4 is 0 Å². The number of rotatable bonds is 6. The minimum atomic E-state index is -2.50. The van der Waals surface area contributed by atoms with Crippen molar-refractivity contribution in [1.82, 2.24) is 0 Å². The van der Waals surface area contributed by atoms with Crippen molar-refractivity contribution >= 4 is 23.9 Å². The first-order valence-electron chi connectivity index (χ1n) is 16.7. The van der Waals surface area contributed by atoms with E-state index < -0.39 is 101 Å². The topological polar surface area (TPSA) is 184 Å². The molecule has 13 nitrogen and oxygen atoms in total. The fraction of sp³-hybridized carbons (Fsp3) is 0.568. The summed E-state index contributed by atoms with van der Waals surface area (Å²) >= 11 is 0. The van der Waals surface area contributed by atoms with Crippen LogP contribution in [0.15, 0.2) is 60.7 Å². The van der Waals surface area contributed by atoms with Gasteiger partial charge >= 0.3 is 23.9 Å². The molecule has 12 atom stereocenters. The molecule has 2 aliphatic carbocycles. The molecule has 0 aromatic heterocycles. The number of aliphatic hydroxyl groups is 3. The summed E-state index contributed by atoms with van der Waals surface area (Å²) in [6.07, 6.45) is -8.63. The molecule has 0 bridgehead atoms. The Kier molecular flexibility index (Phi) is 9.13. The zero-order chi connectivity index (χ0) is 36.4. The van der Waals surface area contributed by atoms with Crippen LogP contribution in [0.5, 0.6) is 0 Å². The monoisotopic (exact) mass is 696 g/mol.